The van der Waals surface area contributed by atoms with Crippen molar-refractivity contribution in [2.75, 3.05) is 18.0 Å². The van der Waals surface area contributed by atoms with Crippen LogP contribution in [-0.4, -0.2) is 24.2 Å². The second kappa shape index (κ2) is 6.78. The molecule has 0 aromatic heterocycles. The number of nitrogens with zero attached hydrogens (tertiary/aromatic N) is 3. The largest absolute Gasteiger partial charge is 0.369 e. The van der Waals surface area contributed by atoms with Crippen molar-refractivity contribution in [3.05, 3.63) is 63.5 Å². The Kier molecular flexibility index (Phi) is 4.55. The summed E-state index contributed by atoms with van der Waals surface area (Å²) < 4.78 is 14.4. The van der Waals surface area contributed by atoms with Crippen LogP contribution in [0.25, 0.3) is 0 Å². The Bertz CT molecular complexity index is 799. The molecular weight excluding hydrogens is 309 g/mol. The van der Waals surface area contributed by atoms with E-state index in [2.05, 4.69) is 9.89 Å². The molecule has 0 unspecified atom stereocenters. The van der Waals surface area contributed by atoms with Gasteiger partial charge in [-0.3, -0.25) is 15.1 Å². The number of rotatable bonds is 4. The molecule has 6 heteroatoms. The highest BCUT2D eigenvalue weighted by molar-refractivity contribution is 5.85. The van der Waals surface area contributed by atoms with Gasteiger partial charge in [0.15, 0.2) is 0 Å². The van der Waals surface area contributed by atoms with E-state index < -0.39 is 4.92 Å². The smallest absolute Gasteiger partial charge is 0.271 e. The van der Waals surface area contributed by atoms with Gasteiger partial charge in [-0.15, -0.1) is 0 Å². The van der Waals surface area contributed by atoms with Gasteiger partial charge < -0.3 is 4.90 Å². The summed E-state index contributed by atoms with van der Waals surface area (Å²) in [7, 11) is 0. The predicted molar refractivity (Wildman–Crippen MR) is 92.9 cm³/mol. The number of halogens is 1. The molecule has 0 amide bonds. The molecule has 0 spiro atoms. The lowest BCUT2D eigenvalue weighted by Gasteiger charge is -2.19. The van der Waals surface area contributed by atoms with Crippen molar-refractivity contribution >= 4 is 23.3 Å². The van der Waals surface area contributed by atoms with Crippen molar-refractivity contribution in [2.24, 2.45) is 4.99 Å². The summed E-state index contributed by atoms with van der Waals surface area (Å²) in [5.41, 5.74) is 2.68. The standard InChI is InChI=1S/C18H18FN3O2/c1-13-9-18(21-7-2-3-8-21)17(19)10-14(13)12-20-15-5-4-6-16(11-15)22(23)24/h4-6,9-12H,2-3,7-8H2,1H3. The highest BCUT2D eigenvalue weighted by Gasteiger charge is 2.17. The fourth-order valence-electron chi connectivity index (χ4n) is 2.85. The first-order chi connectivity index (χ1) is 11.5. The molecule has 24 heavy (non-hydrogen) atoms. The molecule has 2 aromatic rings. The number of benzene rings is 2. The molecule has 0 N–H and O–H groups in total. The summed E-state index contributed by atoms with van der Waals surface area (Å²) in [6.45, 7) is 3.68. The second-order valence-electron chi connectivity index (χ2n) is 5.89. The molecule has 0 atom stereocenters. The molecule has 0 saturated carbocycles. The van der Waals surface area contributed by atoms with Gasteiger partial charge in [0.25, 0.3) is 5.69 Å². The van der Waals surface area contributed by atoms with Crippen LogP contribution in [0, 0.1) is 22.9 Å². The molecule has 0 radical (unpaired) electrons. The second-order valence-corrected chi connectivity index (χ2v) is 5.89. The van der Waals surface area contributed by atoms with Gasteiger partial charge in [0, 0.05) is 31.4 Å². The Morgan fingerprint density at radius 2 is 2.00 bits per heavy atom. The van der Waals surface area contributed by atoms with E-state index in [1.807, 2.05) is 13.0 Å². The average Bonchev–Trinajstić information content (AvgIpc) is 3.09. The topological polar surface area (TPSA) is 58.7 Å². The van der Waals surface area contributed by atoms with Gasteiger partial charge in [-0.25, -0.2) is 4.39 Å². The summed E-state index contributed by atoms with van der Waals surface area (Å²) in [5.74, 6) is -0.261. The highest BCUT2D eigenvalue weighted by Crippen LogP contribution is 2.27. The van der Waals surface area contributed by atoms with Crippen LogP contribution in [0.5, 0.6) is 0 Å². The Hall–Kier alpha value is -2.76. The van der Waals surface area contributed by atoms with E-state index in [-0.39, 0.29) is 11.5 Å². The van der Waals surface area contributed by atoms with Crippen molar-refractivity contribution in [3.8, 4) is 0 Å². The first-order valence-corrected chi connectivity index (χ1v) is 7.88. The summed E-state index contributed by atoms with van der Waals surface area (Å²) in [6.07, 6.45) is 3.73. The van der Waals surface area contributed by atoms with E-state index in [1.54, 1.807) is 18.3 Å². The molecule has 5 nitrogen and oxygen atoms in total. The van der Waals surface area contributed by atoms with Crippen LogP contribution in [0.2, 0.25) is 0 Å². The zero-order valence-corrected chi connectivity index (χ0v) is 13.4. The predicted octanol–water partition coefficient (Wildman–Crippen LogP) is 4.39. The molecule has 1 aliphatic heterocycles. The number of nitro benzene ring substituents is 1. The van der Waals surface area contributed by atoms with Crippen LogP contribution in [0.15, 0.2) is 41.4 Å². The molecule has 1 heterocycles. The lowest BCUT2D eigenvalue weighted by atomic mass is 10.1. The van der Waals surface area contributed by atoms with Crippen LogP contribution in [0.4, 0.5) is 21.5 Å². The monoisotopic (exact) mass is 327 g/mol. The van der Waals surface area contributed by atoms with Gasteiger partial charge in [0.05, 0.1) is 16.3 Å². The number of hydrogen-bond acceptors (Lipinski definition) is 4. The SMILES string of the molecule is Cc1cc(N2CCCC2)c(F)cc1C=Nc1cccc([N+](=O)[O-])c1. The van der Waals surface area contributed by atoms with E-state index in [9.17, 15) is 14.5 Å². The number of aryl methyl sites for hydroxylation is 1. The maximum absolute atomic E-state index is 14.4. The Balaban J connectivity index is 1.86. The summed E-state index contributed by atoms with van der Waals surface area (Å²) in [5, 5.41) is 10.8. The summed E-state index contributed by atoms with van der Waals surface area (Å²) >= 11 is 0. The third-order valence-corrected chi connectivity index (χ3v) is 4.18. The van der Waals surface area contributed by atoms with Gasteiger partial charge in [-0.2, -0.15) is 0 Å². The van der Waals surface area contributed by atoms with Crippen molar-refractivity contribution in [1.82, 2.24) is 0 Å². The first kappa shape index (κ1) is 16.1. The fourth-order valence-corrected chi connectivity index (χ4v) is 2.85. The van der Waals surface area contributed by atoms with Gasteiger partial charge in [0.1, 0.15) is 5.82 Å². The lowest BCUT2D eigenvalue weighted by Crippen LogP contribution is -2.19. The minimum atomic E-state index is -0.464. The molecule has 1 fully saturated rings. The maximum Gasteiger partial charge on any atom is 0.271 e. The third-order valence-electron chi connectivity index (χ3n) is 4.18. The zero-order valence-electron chi connectivity index (χ0n) is 13.4. The molecule has 3 rings (SSSR count). The molecule has 124 valence electrons. The van der Waals surface area contributed by atoms with Crippen molar-refractivity contribution in [2.45, 2.75) is 19.8 Å². The Morgan fingerprint density at radius 3 is 2.71 bits per heavy atom. The maximum atomic E-state index is 14.4. The molecule has 0 aliphatic carbocycles. The fraction of sp³-hybridized carbons (Fsp3) is 0.278. The van der Waals surface area contributed by atoms with Crippen molar-refractivity contribution < 1.29 is 9.31 Å². The minimum absolute atomic E-state index is 0.0167. The summed E-state index contributed by atoms with van der Waals surface area (Å²) in [4.78, 5) is 16.6. The van der Waals surface area contributed by atoms with E-state index in [4.69, 9.17) is 0 Å². The van der Waals surface area contributed by atoms with Crippen LogP contribution in [0.1, 0.15) is 24.0 Å². The molecule has 1 saturated heterocycles. The first-order valence-electron chi connectivity index (χ1n) is 7.88. The molecule has 2 aromatic carbocycles. The van der Waals surface area contributed by atoms with Crippen LogP contribution >= 0.6 is 0 Å². The quantitative estimate of drug-likeness (QED) is 0.475. The van der Waals surface area contributed by atoms with Crippen LogP contribution < -0.4 is 4.90 Å². The molecule has 1 aliphatic rings. The van der Waals surface area contributed by atoms with E-state index >= 15 is 0 Å². The Morgan fingerprint density at radius 1 is 1.25 bits per heavy atom. The lowest BCUT2D eigenvalue weighted by molar-refractivity contribution is -0.384. The van der Waals surface area contributed by atoms with Crippen molar-refractivity contribution in [1.29, 1.82) is 0 Å². The third kappa shape index (κ3) is 3.42. The number of aliphatic imine (C=N–C) groups is 1. The van der Waals surface area contributed by atoms with Gasteiger partial charge in [-0.1, -0.05) is 6.07 Å². The highest BCUT2D eigenvalue weighted by atomic mass is 19.1. The zero-order chi connectivity index (χ0) is 17.1. The van der Waals surface area contributed by atoms with Crippen molar-refractivity contribution in [3.63, 3.8) is 0 Å². The number of anilines is 1. The number of nitro groups is 1. The molecular formula is C18H18FN3O2. The number of non-ortho nitro benzene ring substituents is 1. The van der Waals surface area contributed by atoms with E-state index in [0.717, 1.165) is 31.5 Å². The van der Waals surface area contributed by atoms with Crippen LogP contribution in [-0.2, 0) is 0 Å². The van der Waals surface area contributed by atoms with Gasteiger partial charge in [0.2, 0.25) is 0 Å². The average molecular weight is 327 g/mol. The minimum Gasteiger partial charge on any atom is -0.369 e. The number of hydrogen-bond donors (Lipinski definition) is 0. The molecule has 0 bridgehead atoms. The van der Waals surface area contributed by atoms with E-state index in [1.165, 1.54) is 18.2 Å². The van der Waals surface area contributed by atoms with Crippen LogP contribution in [0.3, 0.4) is 0 Å². The Labute approximate surface area is 139 Å². The normalized spacial score (nSPS) is 14.5. The van der Waals surface area contributed by atoms with Gasteiger partial charge >= 0.3 is 0 Å². The van der Waals surface area contributed by atoms with Gasteiger partial charge in [-0.05, 0) is 49.1 Å². The van der Waals surface area contributed by atoms with E-state index in [0.29, 0.717) is 16.9 Å². The summed E-state index contributed by atoms with van der Waals surface area (Å²) in [6, 6.07) is 9.37.